The fourth-order valence-electron chi connectivity index (χ4n) is 0.602. The van der Waals surface area contributed by atoms with Gasteiger partial charge in [0.1, 0.15) is 0 Å². The molecule has 0 aliphatic heterocycles. The molecule has 0 amide bonds. The highest BCUT2D eigenvalue weighted by molar-refractivity contribution is 8.01. The molecule has 0 aliphatic carbocycles. The van der Waals surface area contributed by atoms with Crippen molar-refractivity contribution in [1.29, 1.82) is 0 Å². The van der Waals surface area contributed by atoms with Crippen molar-refractivity contribution in [3.63, 3.8) is 0 Å². The average Bonchev–Trinajstić information content (AvgIpc) is 2.37. The summed E-state index contributed by atoms with van der Waals surface area (Å²) in [5.41, 5.74) is 0. The molecule has 1 heterocycles. The van der Waals surface area contributed by atoms with E-state index in [1.807, 2.05) is 24.8 Å². The Balaban J connectivity index is 2.38. The quantitative estimate of drug-likeness (QED) is 0.529. The first-order valence-electron chi connectivity index (χ1n) is 3.32. The summed E-state index contributed by atoms with van der Waals surface area (Å²) in [6.07, 6.45) is 4.19. The Kier molecular flexibility index (Phi) is 4.05. The van der Waals surface area contributed by atoms with Crippen LogP contribution in [0.3, 0.4) is 0 Å². The molecule has 1 aromatic rings. The van der Waals surface area contributed by atoms with Gasteiger partial charge in [-0.15, -0.1) is 23.1 Å². The van der Waals surface area contributed by atoms with Crippen LogP contribution in [-0.2, 0) is 0 Å². The fourth-order valence-corrected chi connectivity index (χ4v) is 2.84. The lowest BCUT2D eigenvalue weighted by atomic mass is 10.6. The van der Waals surface area contributed by atoms with Crippen LogP contribution in [0.1, 0.15) is 6.92 Å². The molecule has 0 nitrogen and oxygen atoms in total. The highest BCUT2D eigenvalue weighted by Crippen LogP contribution is 2.29. The number of rotatable bonds is 3. The van der Waals surface area contributed by atoms with Gasteiger partial charge in [0.25, 0.3) is 0 Å². The van der Waals surface area contributed by atoms with E-state index in [0.29, 0.717) is 0 Å². The summed E-state index contributed by atoms with van der Waals surface area (Å²) in [5, 5.41) is 0. The predicted octanol–water partition coefficient (Wildman–Crippen LogP) is 4.07. The highest BCUT2D eigenvalue weighted by atomic mass is 35.5. The van der Waals surface area contributed by atoms with Crippen LogP contribution < -0.4 is 0 Å². The van der Waals surface area contributed by atoms with E-state index in [1.165, 1.54) is 4.21 Å². The van der Waals surface area contributed by atoms with Gasteiger partial charge >= 0.3 is 0 Å². The first kappa shape index (κ1) is 9.17. The molecular formula is C8H9ClS2. The Morgan fingerprint density at radius 1 is 1.64 bits per heavy atom. The van der Waals surface area contributed by atoms with Gasteiger partial charge in [-0.05, 0) is 19.1 Å². The van der Waals surface area contributed by atoms with Crippen molar-refractivity contribution in [3.8, 4) is 0 Å². The van der Waals surface area contributed by atoms with Gasteiger partial charge in [0, 0.05) is 5.75 Å². The second-order valence-electron chi connectivity index (χ2n) is 1.94. The lowest BCUT2D eigenvalue weighted by molar-refractivity contribution is 1.63. The molecule has 0 bridgehead atoms. The van der Waals surface area contributed by atoms with Crippen molar-refractivity contribution in [2.24, 2.45) is 0 Å². The van der Waals surface area contributed by atoms with Crippen LogP contribution in [-0.4, -0.2) is 5.75 Å². The van der Waals surface area contributed by atoms with Gasteiger partial charge in [0.15, 0.2) is 0 Å². The summed E-state index contributed by atoms with van der Waals surface area (Å²) < 4.78 is 2.15. The zero-order chi connectivity index (χ0) is 8.10. The molecule has 0 fully saturated rings. The fraction of sp³-hybridized carbons (Fsp3) is 0.250. The van der Waals surface area contributed by atoms with Gasteiger partial charge in [0.2, 0.25) is 0 Å². The normalized spacial score (nSPS) is 11.1. The molecule has 60 valence electrons. The number of thiophene rings is 1. The number of thioether (sulfide) groups is 1. The van der Waals surface area contributed by atoms with Gasteiger partial charge in [0.05, 0.1) is 8.55 Å². The van der Waals surface area contributed by atoms with E-state index < -0.39 is 0 Å². The van der Waals surface area contributed by atoms with Crippen molar-refractivity contribution >= 4 is 34.7 Å². The van der Waals surface area contributed by atoms with Crippen molar-refractivity contribution in [2.75, 3.05) is 5.75 Å². The monoisotopic (exact) mass is 204 g/mol. The van der Waals surface area contributed by atoms with E-state index >= 15 is 0 Å². The zero-order valence-corrected chi connectivity index (χ0v) is 8.60. The third-order valence-corrected chi connectivity index (χ3v) is 3.52. The van der Waals surface area contributed by atoms with E-state index in [-0.39, 0.29) is 0 Å². The van der Waals surface area contributed by atoms with Crippen LogP contribution in [0.5, 0.6) is 0 Å². The molecule has 0 unspecified atom stereocenters. The van der Waals surface area contributed by atoms with E-state index in [9.17, 15) is 0 Å². The third-order valence-electron chi connectivity index (χ3n) is 1.11. The smallest absolute Gasteiger partial charge is 0.0940 e. The molecule has 0 spiro atoms. The summed E-state index contributed by atoms with van der Waals surface area (Å²) in [6, 6.07) is 3.99. The van der Waals surface area contributed by atoms with Gasteiger partial charge in [-0.3, -0.25) is 0 Å². The molecule has 0 aromatic carbocycles. The largest absolute Gasteiger partial charge is 0.117 e. The van der Waals surface area contributed by atoms with E-state index in [2.05, 4.69) is 18.2 Å². The Morgan fingerprint density at radius 2 is 2.45 bits per heavy atom. The second-order valence-corrected chi connectivity index (χ2v) is 4.97. The average molecular weight is 205 g/mol. The van der Waals surface area contributed by atoms with Crippen molar-refractivity contribution in [2.45, 2.75) is 11.1 Å². The van der Waals surface area contributed by atoms with E-state index in [0.717, 1.165) is 10.1 Å². The first-order chi connectivity index (χ1) is 5.33. The van der Waals surface area contributed by atoms with Crippen LogP contribution in [0.2, 0.25) is 4.34 Å². The lowest BCUT2D eigenvalue weighted by Crippen LogP contribution is -1.65. The minimum Gasteiger partial charge on any atom is -0.117 e. The minimum atomic E-state index is 0.868. The van der Waals surface area contributed by atoms with Gasteiger partial charge in [-0.25, -0.2) is 0 Å². The summed E-state index contributed by atoms with van der Waals surface area (Å²) in [6.45, 7) is 2.03. The third kappa shape index (κ3) is 3.32. The van der Waals surface area contributed by atoms with Gasteiger partial charge in [-0.2, -0.15) is 0 Å². The Morgan fingerprint density at radius 3 is 3.00 bits per heavy atom. The van der Waals surface area contributed by atoms with Crippen molar-refractivity contribution in [1.82, 2.24) is 0 Å². The van der Waals surface area contributed by atoms with Crippen molar-refractivity contribution < 1.29 is 0 Å². The minimum absolute atomic E-state index is 0.868. The molecule has 11 heavy (non-hydrogen) atoms. The maximum Gasteiger partial charge on any atom is 0.0940 e. The topological polar surface area (TPSA) is 0 Å². The molecule has 0 aliphatic rings. The highest BCUT2D eigenvalue weighted by Gasteiger charge is 1.95. The maximum atomic E-state index is 5.76. The van der Waals surface area contributed by atoms with E-state index in [4.69, 9.17) is 11.6 Å². The van der Waals surface area contributed by atoms with E-state index in [1.54, 1.807) is 11.3 Å². The summed E-state index contributed by atoms with van der Waals surface area (Å²) in [4.78, 5) is 0. The summed E-state index contributed by atoms with van der Waals surface area (Å²) in [7, 11) is 0. The zero-order valence-electron chi connectivity index (χ0n) is 6.21. The maximum absolute atomic E-state index is 5.76. The summed E-state index contributed by atoms with van der Waals surface area (Å²) in [5.74, 6) is 1.04. The van der Waals surface area contributed by atoms with Crippen molar-refractivity contribution in [3.05, 3.63) is 28.6 Å². The van der Waals surface area contributed by atoms with Crippen LogP contribution in [0.15, 0.2) is 28.5 Å². The Hall–Kier alpha value is 0.0800. The summed E-state index contributed by atoms with van der Waals surface area (Å²) >= 11 is 9.21. The lowest BCUT2D eigenvalue weighted by Gasteiger charge is -1.88. The predicted molar refractivity (Wildman–Crippen MR) is 54.9 cm³/mol. The second kappa shape index (κ2) is 4.86. The SMILES string of the molecule is C/C=C/CSc1ccc(Cl)s1. The molecule has 0 saturated heterocycles. The molecule has 1 rings (SSSR count). The number of hydrogen-bond acceptors (Lipinski definition) is 2. The van der Waals surface area contributed by atoms with Crippen LogP contribution in [0.4, 0.5) is 0 Å². The van der Waals surface area contributed by atoms with Gasteiger partial charge in [-0.1, -0.05) is 23.8 Å². The first-order valence-corrected chi connectivity index (χ1v) is 5.50. The molecule has 1 aromatic heterocycles. The molecule has 0 saturated carbocycles. The van der Waals surface area contributed by atoms with Crippen LogP contribution >= 0.6 is 34.7 Å². The Bertz CT molecular complexity index is 240. The standard InChI is InChI=1S/C8H9ClS2/c1-2-3-6-10-8-5-4-7(9)11-8/h2-5H,6H2,1H3/b3-2+. The number of halogens is 1. The molecular weight excluding hydrogens is 196 g/mol. The van der Waals surface area contributed by atoms with Crippen LogP contribution in [0.25, 0.3) is 0 Å². The number of allylic oxidation sites excluding steroid dienone is 1. The Labute approximate surface area is 80.3 Å². The van der Waals surface area contributed by atoms with Gasteiger partial charge < -0.3 is 0 Å². The number of hydrogen-bond donors (Lipinski definition) is 0. The van der Waals surface area contributed by atoms with Crippen LogP contribution in [0, 0.1) is 0 Å². The molecule has 0 radical (unpaired) electrons. The molecule has 0 atom stereocenters. The molecule has 3 heteroatoms. The molecule has 0 N–H and O–H groups in total.